The maximum absolute atomic E-state index is 13.4. The highest BCUT2D eigenvalue weighted by Crippen LogP contribution is 2.21. The van der Waals surface area contributed by atoms with Crippen LogP contribution in [0.5, 0.6) is 17.2 Å². The van der Waals surface area contributed by atoms with Crippen molar-refractivity contribution in [1.82, 2.24) is 10.6 Å². The van der Waals surface area contributed by atoms with Crippen LogP contribution >= 0.6 is 0 Å². The predicted molar refractivity (Wildman–Crippen MR) is 173 cm³/mol. The highest BCUT2D eigenvalue weighted by Gasteiger charge is 2.26. The third-order valence-corrected chi connectivity index (χ3v) is 8.98. The predicted octanol–water partition coefficient (Wildman–Crippen LogP) is 4.18. The lowest BCUT2D eigenvalue weighted by Gasteiger charge is -2.26. The summed E-state index contributed by atoms with van der Waals surface area (Å²) in [6.07, 6.45) is -0.980. The van der Waals surface area contributed by atoms with E-state index in [1.807, 2.05) is 68.4 Å². The number of ether oxygens (including phenoxy) is 3. The van der Waals surface area contributed by atoms with Crippen LogP contribution in [0.1, 0.15) is 37.8 Å². The van der Waals surface area contributed by atoms with E-state index in [1.54, 1.807) is 31.4 Å². The standard InChI is InChI=1S/C34H46N2O7S/c1-25(2)16-18-44(39,40)19-17-33(43-30-15-9-14-29(22-30)42-4)34(38)36-24-32(37)31(21-26-10-6-5-7-11-26)35-23-27-12-8-13-28(20-27)41-3/h5-15,20,22,25,31-33,35,37H,16-19,21,23-24H2,1-4H3,(H,36,38)/t31?,32-,33?/m1/s1. The molecule has 3 aromatic carbocycles. The van der Waals surface area contributed by atoms with E-state index < -0.39 is 34.0 Å². The zero-order valence-electron chi connectivity index (χ0n) is 26.1. The van der Waals surface area contributed by atoms with Crippen molar-refractivity contribution in [2.24, 2.45) is 5.92 Å². The average molecular weight is 627 g/mol. The third-order valence-electron chi connectivity index (χ3n) is 7.26. The first-order valence-electron chi connectivity index (χ1n) is 15.0. The van der Waals surface area contributed by atoms with Gasteiger partial charge in [-0.25, -0.2) is 8.42 Å². The Labute approximate surface area is 261 Å². The number of hydrogen-bond acceptors (Lipinski definition) is 8. The Morgan fingerprint density at radius 3 is 2.11 bits per heavy atom. The molecule has 0 radical (unpaired) electrons. The highest BCUT2D eigenvalue weighted by atomic mass is 32.2. The van der Waals surface area contributed by atoms with Gasteiger partial charge in [-0.05, 0) is 54.2 Å². The molecule has 2 unspecified atom stereocenters. The maximum atomic E-state index is 13.4. The Hall–Kier alpha value is -3.60. The average Bonchev–Trinajstić information content (AvgIpc) is 3.03. The molecule has 3 atom stereocenters. The van der Waals surface area contributed by atoms with Crippen LogP contribution in [0.25, 0.3) is 0 Å². The number of methoxy groups -OCH3 is 2. The monoisotopic (exact) mass is 626 g/mol. The molecule has 0 spiro atoms. The van der Waals surface area contributed by atoms with Crippen molar-refractivity contribution in [3.63, 3.8) is 0 Å². The molecule has 44 heavy (non-hydrogen) atoms. The maximum Gasteiger partial charge on any atom is 0.261 e. The summed E-state index contributed by atoms with van der Waals surface area (Å²) >= 11 is 0. The van der Waals surface area contributed by atoms with E-state index in [4.69, 9.17) is 14.2 Å². The van der Waals surface area contributed by atoms with Gasteiger partial charge in [-0.3, -0.25) is 4.79 Å². The second-order valence-corrected chi connectivity index (χ2v) is 13.6. The first kappa shape index (κ1) is 34.9. The SMILES string of the molecule is COc1cccc(CNC(Cc2ccccc2)[C@H](O)CNC(=O)C(CCS(=O)(=O)CCC(C)C)Oc2cccc(OC)c2)c1. The number of aliphatic hydroxyl groups excluding tert-OH is 1. The fraction of sp³-hybridized carbons (Fsp3) is 0.441. The molecule has 3 aromatic rings. The van der Waals surface area contributed by atoms with Crippen molar-refractivity contribution in [2.45, 2.75) is 57.9 Å². The van der Waals surface area contributed by atoms with Gasteiger partial charge in [0.2, 0.25) is 0 Å². The van der Waals surface area contributed by atoms with Gasteiger partial charge < -0.3 is 30.0 Å². The Morgan fingerprint density at radius 2 is 1.43 bits per heavy atom. The summed E-state index contributed by atoms with van der Waals surface area (Å²) in [6.45, 7) is 4.37. The summed E-state index contributed by atoms with van der Waals surface area (Å²) < 4.78 is 42.0. The summed E-state index contributed by atoms with van der Waals surface area (Å²) in [7, 11) is -0.239. The second kappa shape index (κ2) is 17.6. The molecule has 3 rings (SSSR count). The molecule has 0 heterocycles. The molecule has 0 fully saturated rings. The number of nitrogens with one attached hydrogen (secondary N) is 2. The fourth-order valence-electron chi connectivity index (χ4n) is 4.59. The van der Waals surface area contributed by atoms with Crippen molar-refractivity contribution in [2.75, 3.05) is 32.3 Å². The van der Waals surface area contributed by atoms with Crippen molar-refractivity contribution in [1.29, 1.82) is 0 Å². The zero-order valence-corrected chi connectivity index (χ0v) is 26.9. The van der Waals surface area contributed by atoms with Gasteiger partial charge in [0.1, 0.15) is 27.1 Å². The van der Waals surface area contributed by atoms with Crippen LogP contribution in [-0.2, 0) is 27.6 Å². The number of hydrogen-bond donors (Lipinski definition) is 3. The normalized spacial score (nSPS) is 13.6. The molecule has 0 aliphatic heterocycles. The quantitative estimate of drug-likeness (QED) is 0.181. The number of sulfone groups is 1. The highest BCUT2D eigenvalue weighted by molar-refractivity contribution is 7.91. The van der Waals surface area contributed by atoms with Gasteiger partial charge in [0, 0.05) is 31.6 Å². The lowest BCUT2D eigenvalue weighted by Crippen LogP contribution is -2.49. The van der Waals surface area contributed by atoms with Gasteiger partial charge in [-0.2, -0.15) is 0 Å². The number of amides is 1. The van der Waals surface area contributed by atoms with Gasteiger partial charge in [-0.15, -0.1) is 0 Å². The molecule has 0 bridgehead atoms. The van der Waals surface area contributed by atoms with Crippen molar-refractivity contribution in [3.8, 4) is 17.2 Å². The van der Waals surface area contributed by atoms with Crippen LogP contribution in [0.4, 0.5) is 0 Å². The summed E-state index contributed by atoms with van der Waals surface area (Å²) in [5.74, 6) is 1.28. The van der Waals surface area contributed by atoms with Crippen molar-refractivity contribution in [3.05, 3.63) is 90.0 Å². The summed E-state index contributed by atoms with van der Waals surface area (Å²) in [5, 5.41) is 17.5. The fourth-order valence-corrected chi connectivity index (χ4v) is 6.20. The van der Waals surface area contributed by atoms with E-state index in [1.165, 1.54) is 7.11 Å². The van der Waals surface area contributed by atoms with Crippen LogP contribution in [0.3, 0.4) is 0 Å². The number of carbonyl (C=O) groups excluding carboxylic acids is 1. The largest absolute Gasteiger partial charge is 0.497 e. The second-order valence-electron chi connectivity index (χ2n) is 11.2. The van der Waals surface area contributed by atoms with Gasteiger partial charge in [0.25, 0.3) is 5.91 Å². The smallest absolute Gasteiger partial charge is 0.261 e. The molecule has 10 heteroatoms. The molecule has 0 aliphatic carbocycles. The van der Waals surface area contributed by atoms with Crippen LogP contribution < -0.4 is 24.8 Å². The van der Waals surface area contributed by atoms with Crippen LogP contribution in [-0.4, -0.2) is 70.0 Å². The van der Waals surface area contributed by atoms with E-state index in [-0.39, 0.29) is 30.4 Å². The van der Waals surface area contributed by atoms with Gasteiger partial charge in [0.05, 0.1) is 31.8 Å². The first-order valence-corrected chi connectivity index (χ1v) is 16.8. The molecule has 1 amide bonds. The Balaban J connectivity index is 1.71. The van der Waals surface area contributed by atoms with Gasteiger partial charge >= 0.3 is 0 Å². The minimum Gasteiger partial charge on any atom is -0.497 e. The first-order chi connectivity index (χ1) is 21.1. The van der Waals surface area contributed by atoms with Crippen LogP contribution in [0.15, 0.2) is 78.9 Å². The molecule has 0 saturated heterocycles. The van der Waals surface area contributed by atoms with E-state index in [2.05, 4.69) is 10.6 Å². The summed E-state index contributed by atoms with van der Waals surface area (Å²) in [4.78, 5) is 13.4. The van der Waals surface area contributed by atoms with E-state index in [0.29, 0.717) is 30.9 Å². The Morgan fingerprint density at radius 1 is 0.818 bits per heavy atom. The lowest BCUT2D eigenvalue weighted by atomic mass is 10.0. The molecular weight excluding hydrogens is 580 g/mol. The van der Waals surface area contributed by atoms with Crippen LogP contribution in [0, 0.1) is 5.92 Å². The molecule has 0 aromatic heterocycles. The molecular formula is C34H46N2O7S. The minimum absolute atomic E-state index is 0.0267. The molecule has 0 aliphatic rings. The van der Waals surface area contributed by atoms with E-state index in [0.717, 1.165) is 16.9 Å². The number of aliphatic hydroxyl groups is 1. The Bertz CT molecular complexity index is 1400. The number of carbonyl (C=O) groups is 1. The van der Waals surface area contributed by atoms with Crippen molar-refractivity contribution >= 4 is 15.7 Å². The molecule has 3 N–H and O–H groups in total. The van der Waals surface area contributed by atoms with Crippen LogP contribution in [0.2, 0.25) is 0 Å². The summed E-state index contributed by atoms with van der Waals surface area (Å²) in [5.41, 5.74) is 2.02. The number of benzene rings is 3. The van der Waals surface area contributed by atoms with E-state index >= 15 is 0 Å². The minimum atomic E-state index is -3.38. The van der Waals surface area contributed by atoms with E-state index in [9.17, 15) is 18.3 Å². The van der Waals surface area contributed by atoms with Gasteiger partial charge in [-0.1, -0.05) is 62.4 Å². The summed E-state index contributed by atoms with van der Waals surface area (Å²) in [6, 6.07) is 23.9. The van der Waals surface area contributed by atoms with Crippen molar-refractivity contribution < 1.29 is 32.5 Å². The molecule has 240 valence electrons. The van der Waals surface area contributed by atoms with Gasteiger partial charge in [0.15, 0.2) is 6.10 Å². The lowest BCUT2D eigenvalue weighted by molar-refractivity contribution is -0.128. The topological polar surface area (TPSA) is 123 Å². The third kappa shape index (κ3) is 12.2. The number of rotatable bonds is 19. The molecule has 9 nitrogen and oxygen atoms in total. The molecule has 0 saturated carbocycles. The zero-order chi connectivity index (χ0) is 32.0. The Kier molecular flexibility index (Phi) is 14.0.